The van der Waals surface area contributed by atoms with Crippen LogP contribution in [-0.2, 0) is 4.79 Å². The number of hydrogen-bond donors (Lipinski definition) is 1. The van der Waals surface area contributed by atoms with E-state index in [-0.39, 0.29) is 18.3 Å². The summed E-state index contributed by atoms with van der Waals surface area (Å²) in [4.78, 5) is 13.0. The Bertz CT molecular complexity index is 501. The van der Waals surface area contributed by atoms with Crippen molar-refractivity contribution >= 4 is 21.9 Å². The molecule has 2 rings (SSSR count). The summed E-state index contributed by atoms with van der Waals surface area (Å²) < 4.78 is 14.0. The third-order valence-corrected chi connectivity index (χ3v) is 5.06. The predicted octanol–water partition coefficient (Wildman–Crippen LogP) is 4.23. The van der Waals surface area contributed by atoms with Gasteiger partial charge in [0, 0.05) is 16.9 Å². The molecule has 1 aliphatic rings. The van der Waals surface area contributed by atoms with E-state index in [1.165, 1.54) is 12.1 Å². The number of halogens is 2. The van der Waals surface area contributed by atoms with Gasteiger partial charge in [-0.3, -0.25) is 9.69 Å². The second kappa shape index (κ2) is 7.36. The molecule has 0 aliphatic carbocycles. The fourth-order valence-electron chi connectivity index (χ4n) is 2.99. The van der Waals surface area contributed by atoms with Crippen molar-refractivity contribution in [1.82, 2.24) is 4.90 Å². The maximum absolute atomic E-state index is 13.2. The Kier molecular flexibility index (Phi) is 5.76. The normalized spacial score (nSPS) is 18.6. The van der Waals surface area contributed by atoms with Crippen LogP contribution in [0.15, 0.2) is 22.7 Å². The first-order valence-corrected chi connectivity index (χ1v) is 8.17. The van der Waals surface area contributed by atoms with Gasteiger partial charge in [-0.2, -0.15) is 0 Å². The van der Waals surface area contributed by atoms with Crippen LogP contribution < -0.4 is 0 Å². The van der Waals surface area contributed by atoms with Crippen molar-refractivity contribution in [3.8, 4) is 0 Å². The summed E-state index contributed by atoms with van der Waals surface area (Å²) in [5, 5.41) is 8.74. The van der Waals surface area contributed by atoms with E-state index < -0.39 is 5.97 Å². The monoisotopic (exact) mass is 357 g/mol. The Morgan fingerprint density at radius 1 is 1.48 bits per heavy atom. The third-order valence-electron chi connectivity index (χ3n) is 4.38. The van der Waals surface area contributed by atoms with Gasteiger partial charge >= 0.3 is 5.97 Å². The number of carboxylic acids is 1. The molecule has 3 nitrogen and oxygen atoms in total. The average Bonchev–Trinajstić information content (AvgIpc) is 2.45. The van der Waals surface area contributed by atoms with Crippen LogP contribution in [0, 0.1) is 11.7 Å². The molecular formula is C16H21BrFNO2. The van der Waals surface area contributed by atoms with Crippen molar-refractivity contribution < 1.29 is 14.3 Å². The van der Waals surface area contributed by atoms with Gasteiger partial charge < -0.3 is 5.11 Å². The number of hydrogen-bond acceptors (Lipinski definition) is 2. The molecule has 1 unspecified atom stereocenters. The number of nitrogens with zero attached hydrogens (tertiary/aromatic N) is 1. The molecule has 1 aliphatic heterocycles. The fraction of sp³-hybridized carbons (Fsp3) is 0.562. The minimum atomic E-state index is -0.707. The van der Waals surface area contributed by atoms with Gasteiger partial charge in [0.05, 0.1) is 0 Å². The second-order valence-corrected chi connectivity index (χ2v) is 6.61. The van der Waals surface area contributed by atoms with Crippen molar-refractivity contribution in [2.24, 2.45) is 5.92 Å². The van der Waals surface area contributed by atoms with Gasteiger partial charge in [0.25, 0.3) is 0 Å². The molecule has 21 heavy (non-hydrogen) atoms. The second-order valence-electron chi connectivity index (χ2n) is 5.75. The Morgan fingerprint density at radius 2 is 2.14 bits per heavy atom. The number of likely N-dealkylation sites (tertiary alicyclic amines) is 1. The SMILES string of the molecule is CC(c1ccc(F)cc1Br)N1CCC(CCC(=O)O)CC1. The lowest BCUT2D eigenvalue weighted by atomic mass is 9.91. The third kappa shape index (κ3) is 4.51. The summed E-state index contributed by atoms with van der Waals surface area (Å²) >= 11 is 3.44. The molecule has 1 atom stereocenters. The fourth-order valence-corrected chi connectivity index (χ4v) is 3.68. The molecule has 1 N–H and O–H groups in total. The zero-order valence-electron chi connectivity index (χ0n) is 12.2. The molecule has 5 heteroatoms. The van der Waals surface area contributed by atoms with Crippen molar-refractivity contribution in [2.75, 3.05) is 13.1 Å². The highest BCUT2D eigenvalue weighted by atomic mass is 79.9. The van der Waals surface area contributed by atoms with Crippen LogP contribution in [0.5, 0.6) is 0 Å². The van der Waals surface area contributed by atoms with Gasteiger partial charge in [0.2, 0.25) is 0 Å². The predicted molar refractivity (Wildman–Crippen MR) is 83.7 cm³/mol. The van der Waals surface area contributed by atoms with E-state index in [1.54, 1.807) is 0 Å². The number of rotatable bonds is 5. The van der Waals surface area contributed by atoms with Crippen LogP contribution in [0.4, 0.5) is 4.39 Å². The molecule has 1 saturated heterocycles. The van der Waals surface area contributed by atoms with Gasteiger partial charge in [-0.1, -0.05) is 22.0 Å². The van der Waals surface area contributed by atoms with Gasteiger partial charge in [0.1, 0.15) is 5.82 Å². The van der Waals surface area contributed by atoms with E-state index in [0.717, 1.165) is 42.4 Å². The number of piperidine rings is 1. The number of carboxylic acid groups (broad SMARTS) is 1. The quantitative estimate of drug-likeness (QED) is 0.857. The first-order valence-electron chi connectivity index (χ1n) is 7.38. The Morgan fingerprint density at radius 3 is 2.71 bits per heavy atom. The molecule has 0 amide bonds. The highest BCUT2D eigenvalue weighted by Crippen LogP contribution is 2.32. The van der Waals surface area contributed by atoms with E-state index >= 15 is 0 Å². The topological polar surface area (TPSA) is 40.5 Å². The molecule has 0 saturated carbocycles. The number of carbonyl (C=O) groups is 1. The van der Waals surface area contributed by atoms with E-state index in [9.17, 15) is 9.18 Å². The first kappa shape index (κ1) is 16.4. The summed E-state index contributed by atoms with van der Waals surface area (Å²) in [6, 6.07) is 5.07. The van der Waals surface area contributed by atoms with E-state index in [0.29, 0.717) is 5.92 Å². The minimum absolute atomic E-state index is 0.231. The maximum Gasteiger partial charge on any atom is 0.303 e. The van der Waals surface area contributed by atoms with Crippen LogP contribution in [0.25, 0.3) is 0 Å². The van der Waals surface area contributed by atoms with E-state index in [4.69, 9.17) is 5.11 Å². The lowest BCUT2D eigenvalue weighted by Crippen LogP contribution is -2.36. The van der Waals surface area contributed by atoms with Crippen LogP contribution in [-0.4, -0.2) is 29.1 Å². The molecule has 116 valence electrons. The van der Waals surface area contributed by atoms with Crippen molar-refractivity contribution in [1.29, 1.82) is 0 Å². The Labute approximate surface area is 133 Å². The number of benzene rings is 1. The minimum Gasteiger partial charge on any atom is -0.481 e. The van der Waals surface area contributed by atoms with Crippen LogP contribution >= 0.6 is 15.9 Å². The van der Waals surface area contributed by atoms with Gasteiger partial charge in [0.15, 0.2) is 0 Å². The molecule has 0 aromatic heterocycles. The van der Waals surface area contributed by atoms with Crippen LogP contribution in [0.3, 0.4) is 0 Å². The summed E-state index contributed by atoms with van der Waals surface area (Å²) in [6.45, 7) is 4.07. The Hall–Kier alpha value is -0.940. The average molecular weight is 358 g/mol. The lowest BCUT2D eigenvalue weighted by molar-refractivity contribution is -0.137. The Balaban J connectivity index is 1.90. The summed E-state index contributed by atoms with van der Waals surface area (Å²) in [6.07, 6.45) is 3.12. The smallest absolute Gasteiger partial charge is 0.303 e. The standard InChI is InChI=1S/C16H21BrFNO2/c1-11(14-4-3-13(18)10-15(14)17)19-8-6-12(7-9-19)2-5-16(20)21/h3-4,10-12H,2,5-9H2,1H3,(H,20,21). The summed E-state index contributed by atoms with van der Waals surface area (Å²) in [5.41, 5.74) is 1.10. The van der Waals surface area contributed by atoms with Gasteiger partial charge in [-0.25, -0.2) is 4.39 Å². The van der Waals surface area contributed by atoms with Crippen molar-refractivity contribution in [3.05, 3.63) is 34.1 Å². The molecule has 0 spiro atoms. The molecule has 1 aromatic rings. The lowest BCUT2D eigenvalue weighted by Gasteiger charge is -2.36. The zero-order chi connectivity index (χ0) is 15.4. The summed E-state index contributed by atoms with van der Waals surface area (Å²) in [7, 11) is 0. The van der Waals surface area contributed by atoms with Crippen LogP contribution in [0.2, 0.25) is 0 Å². The van der Waals surface area contributed by atoms with Crippen molar-refractivity contribution in [3.63, 3.8) is 0 Å². The van der Waals surface area contributed by atoms with Crippen LogP contribution in [0.1, 0.15) is 44.2 Å². The van der Waals surface area contributed by atoms with E-state index in [1.807, 2.05) is 6.07 Å². The van der Waals surface area contributed by atoms with Gasteiger partial charge in [-0.15, -0.1) is 0 Å². The molecular weight excluding hydrogens is 337 g/mol. The van der Waals surface area contributed by atoms with Gasteiger partial charge in [-0.05, 0) is 62.9 Å². The largest absolute Gasteiger partial charge is 0.481 e. The molecule has 1 heterocycles. The maximum atomic E-state index is 13.2. The van der Waals surface area contributed by atoms with E-state index in [2.05, 4.69) is 27.8 Å². The highest BCUT2D eigenvalue weighted by molar-refractivity contribution is 9.10. The molecule has 0 radical (unpaired) electrons. The zero-order valence-corrected chi connectivity index (χ0v) is 13.8. The number of aliphatic carboxylic acids is 1. The summed E-state index contributed by atoms with van der Waals surface area (Å²) in [5.74, 6) is -0.424. The molecule has 1 fully saturated rings. The van der Waals surface area contributed by atoms with Crippen molar-refractivity contribution in [2.45, 2.75) is 38.6 Å². The molecule has 1 aromatic carbocycles. The molecule has 0 bridgehead atoms. The highest BCUT2D eigenvalue weighted by Gasteiger charge is 2.24. The first-order chi connectivity index (χ1) is 9.97.